The predicted molar refractivity (Wildman–Crippen MR) is 77.5 cm³/mol. The van der Waals surface area contributed by atoms with Crippen molar-refractivity contribution in [1.29, 1.82) is 0 Å². The lowest BCUT2D eigenvalue weighted by Gasteiger charge is -2.27. The molecule has 1 saturated heterocycles. The molecule has 3 aliphatic rings. The molecule has 0 spiro atoms. The van der Waals surface area contributed by atoms with Crippen LogP contribution >= 0.6 is 0 Å². The lowest BCUT2D eigenvalue weighted by molar-refractivity contribution is -0.118. The largest absolute Gasteiger partial charge is 0.442 e. The molecule has 6 heteroatoms. The molecular formula is C15H17N3O3. The number of rotatable bonds is 1. The Hall–Kier alpha value is -2.08. The lowest BCUT2D eigenvalue weighted by atomic mass is 9.93. The summed E-state index contributed by atoms with van der Waals surface area (Å²) in [5, 5.41) is 0. The zero-order valence-electron chi connectivity index (χ0n) is 11.8. The molecule has 0 aliphatic carbocycles. The SMILES string of the molecule is CN1C(=O)CCc2c1ccc1c2C[C@H]2[C@H](CN)OC(=O)N12. The van der Waals surface area contributed by atoms with Gasteiger partial charge in [0.25, 0.3) is 0 Å². The zero-order valence-corrected chi connectivity index (χ0v) is 11.8. The van der Waals surface area contributed by atoms with E-state index in [1.807, 2.05) is 12.1 Å². The van der Waals surface area contributed by atoms with Gasteiger partial charge < -0.3 is 15.4 Å². The topological polar surface area (TPSA) is 75.9 Å². The molecule has 0 radical (unpaired) electrons. The highest BCUT2D eigenvalue weighted by Crippen LogP contribution is 2.44. The number of nitrogens with two attached hydrogens (primary N) is 1. The summed E-state index contributed by atoms with van der Waals surface area (Å²) < 4.78 is 5.31. The maximum absolute atomic E-state index is 12.1. The van der Waals surface area contributed by atoms with Gasteiger partial charge in [-0.05, 0) is 36.1 Å². The van der Waals surface area contributed by atoms with E-state index in [1.54, 1.807) is 16.8 Å². The number of benzene rings is 1. The van der Waals surface area contributed by atoms with Gasteiger partial charge in [-0.3, -0.25) is 9.69 Å². The van der Waals surface area contributed by atoms with Gasteiger partial charge in [-0.1, -0.05) is 0 Å². The molecule has 1 aromatic rings. The molecule has 3 aliphatic heterocycles. The Morgan fingerprint density at radius 2 is 2.00 bits per heavy atom. The van der Waals surface area contributed by atoms with Gasteiger partial charge >= 0.3 is 6.09 Å². The average Bonchev–Trinajstić information content (AvgIpc) is 3.00. The Kier molecular flexibility index (Phi) is 2.53. The highest BCUT2D eigenvalue weighted by atomic mass is 16.6. The van der Waals surface area contributed by atoms with Crippen LogP contribution in [0, 0.1) is 0 Å². The molecule has 4 rings (SSSR count). The van der Waals surface area contributed by atoms with Crippen LogP contribution in [0.2, 0.25) is 0 Å². The van der Waals surface area contributed by atoms with Crippen molar-refractivity contribution < 1.29 is 14.3 Å². The van der Waals surface area contributed by atoms with Gasteiger partial charge in [-0.25, -0.2) is 4.79 Å². The van der Waals surface area contributed by atoms with Crippen LogP contribution in [0.25, 0.3) is 0 Å². The molecule has 1 aromatic carbocycles. The molecule has 0 aromatic heterocycles. The minimum Gasteiger partial charge on any atom is -0.442 e. The van der Waals surface area contributed by atoms with Crippen molar-refractivity contribution in [2.45, 2.75) is 31.4 Å². The molecule has 2 amide bonds. The maximum atomic E-state index is 12.1. The third-order valence-corrected chi connectivity index (χ3v) is 4.82. The van der Waals surface area contributed by atoms with E-state index in [0.717, 1.165) is 24.2 Å². The van der Waals surface area contributed by atoms with E-state index in [2.05, 4.69) is 0 Å². The molecule has 0 bridgehead atoms. The first-order valence-corrected chi connectivity index (χ1v) is 7.23. The van der Waals surface area contributed by atoms with Crippen LogP contribution < -0.4 is 15.5 Å². The summed E-state index contributed by atoms with van der Waals surface area (Å²) in [5.41, 5.74) is 9.95. The highest BCUT2D eigenvalue weighted by Gasteiger charge is 2.48. The van der Waals surface area contributed by atoms with E-state index < -0.39 is 0 Å². The van der Waals surface area contributed by atoms with Crippen molar-refractivity contribution in [3.63, 3.8) is 0 Å². The number of carbonyl (C=O) groups excluding carboxylic acids is 2. The van der Waals surface area contributed by atoms with Gasteiger partial charge in [0, 0.05) is 25.7 Å². The Labute approximate surface area is 122 Å². The number of nitrogens with zero attached hydrogens (tertiary/aromatic N) is 2. The second-order valence-electron chi connectivity index (χ2n) is 5.81. The van der Waals surface area contributed by atoms with Crippen molar-refractivity contribution in [3.05, 3.63) is 23.3 Å². The van der Waals surface area contributed by atoms with E-state index >= 15 is 0 Å². The van der Waals surface area contributed by atoms with Crippen molar-refractivity contribution in [3.8, 4) is 0 Å². The van der Waals surface area contributed by atoms with Gasteiger partial charge in [-0.15, -0.1) is 0 Å². The molecular weight excluding hydrogens is 270 g/mol. The van der Waals surface area contributed by atoms with Gasteiger partial charge in [0.1, 0.15) is 6.10 Å². The molecule has 3 heterocycles. The molecule has 6 nitrogen and oxygen atoms in total. The van der Waals surface area contributed by atoms with Gasteiger partial charge in [0.2, 0.25) is 5.91 Å². The van der Waals surface area contributed by atoms with E-state index in [0.29, 0.717) is 13.0 Å². The summed E-state index contributed by atoms with van der Waals surface area (Å²) in [7, 11) is 1.81. The Balaban J connectivity index is 1.82. The quantitative estimate of drug-likeness (QED) is 0.829. The number of carbonyl (C=O) groups is 2. The molecule has 110 valence electrons. The van der Waals surface area contributed by atoms with E-state index in [-0.39, 0.29) is 24.1 Å². The second-order valence-corrected chi connectivity index (χ2v) is 5.81. The molecule has 1 fully saturated rings. The van der Waals surface area contributed by atoms with Crippen LogP contribution in [0.5, 0.6) is 0 Å². The van der Waals surface area contributed by atoms with Crippen molar-refractivity contribution in [1.82, 2.24) is 0 Å². The maximum Gasteiger partial charge on any atom is 0.415 e. The third-order valence-electron chi connectivity index (χ3n) is 4.82. The van der Waals surface area contributed by atoms with Crippen LogP contribution in [0.15, 0.2) is 12.1 Å². The third kappa shape index (κ3) is 1.56. The highest BCUT2D eigenvalue weighted by molar-refractivity contribution is 5.99. The van der Waals surface area contributed by atoms with Gasteiger partial charge in [0.05, 0.1) is 11.7 Å². The minimum atomic E-state index is -0.311. The molecule has 0 saturated carbocycles. The molecule has 0 unspecified atom stereocenters. The van der Waals surface area contributed by atoms with E-state index in [9.17, 15) is 9.59 Å². The lowest BCUT2D eigenvalue weighted by Crippen LogP contribution is -2.37. The number of anilines is 2. The Morgan fingerprint density at radius 3 is 2.76 bits per heavy atom. The summed E-state index contributed by atoms with van der Waals surface area (Å²) in [4.78, 5) is 27.3. The van der Waals surface area contributed by atoms with Gasteiger partial charge in [-0.2, -0.15) is 0 Å². The number of cyclic esters (lactones) is 1. The smallest absolute Gasteiger partial charge is 0.415 e. The zero-order chi connectivity index (χ0) is 14.7. The van der Waals surface area contributed by atoms with Crippen LogP contribution in [0.3, 0.4) is 0 Å². The normalized spacial score (nSPS) is 26.6. The minimum absolute atomic E-state index is 0.00747. The summed E-state index contributed by atoms with van der Waals surface area (Å²) in [6.07, 6.45) is 1.46. The summed E-state index contributed by atoms with van der Waals surface area (Å²) in [5.74, 6) is 0.139. The molecule has 2 N–H and O–H groups in total. The number of hydrogen-bond donors (Lipinski definition) is 1. The number of amides is 2. The van der Waals surface area contributed by atoms with Crippen LogP contribution in [0.4, 0.5) is 16.2 Å². The van der Waals surface area contributed by atoms with E-state index in [1.165, 1.54) is 11.1 Å². The summed E-state index contributed by atoms with van der Waals surface area (Å²) in [6, 6.07) is 3.84. The van der Waals surface area contributed by atoms with Crippen LogP contribution in [0.1, 0.15) is 17.5 Å². The molecule has 2 atom stereocenters. The Morgan fingerprint density at radius 1 is 1.24 bits per heavy atom. The van der Waals surface area contributed by atoms with Gasteiger partial charge in [0.15, 0.2) is 0 Å². The standard InChI is InChI=1S/C15H17N3O3/c1-17-10-3-4-11-9(8(10)2-5-14(17)19)6-12-13(7-16)21-15(20)18(11)12/h3-4,12-13H,2,5-7,16H2,1H3/t12-,13-/m0/s1. The van der Waals surface area contributed by atoms with Crippen molar-refractivity contribution >= 4 is 23.4 Å². The second kappa shape index (κ2) is 4.21. The number of ether oxygens (including phenoxy) is 1. The fourth-order valence-corrected chi connectivity index (χ4v) is 3.73. The first-order valence-electron chi connectivity index (χ1n) is 7.23. The number of hydrogen-bond acceptors (Lipinski definition) is 4. The van der Waals surface area contributed by atoms with Crippen LogP contribution in [-0.2, 0) is 22.4 Å². The van der Waals surface area contributed by atoms with Crippen LogP contribution in [-0.4, -0.2) is 37.7 Å². The molecule has 21 heavy (non-hydrogen) atoms. The average molecular weight is 287 g/mol. The first kappa shape index (κ1) is 12.6. The first-order chi connectivity index (χ1) is 10.1. The van der Waals surface area contributed by atoms with E-state index in [4.69, 9.17) is 10.5 Å². The fraction of sp³-hybridized carbons (Fsp3) is 0.467. The summed E-state index contributed by atoms with van der Waals surface area (Å²) >= 11 is 0. The Bertz CT molecular complexity index is 658. The monoisotopic (exact) mass is 287 g/mol. The van der Waals surface area contributed by atoms with Crippen molar-refractivity contribution in [2.75, 3.05) is 23.4 Å². The predicted octanol–water partition coefficient (Wildman–Crippen LogP) is 0.804. The summed E-state index contributed by atoms with van der Waals surface area (Å²) in [6.45, 7) is 0.335. The fourth-order valence-electron chi connectivity index (χ4n) is 3.73. The number of fused-ring (bicyclic) bond motifs is 5. The van der Waals surface area contributed by atoms with Crippen molar-refractivity contribution in [2.24, 2.45) is 5.73 Å².